The second-order valence-corrected chi connectivity index (χ2v) is 6.12. The smallest absolute Gasteiger partial charge is 0.272 e. The first-order valence-corrected chi connectivity index (χ1v) is 8.26. The van der Waals surface area contributed by atoms with E-state index in [0.29, 0.717) is 35.9 Å². The molecule has 2 aromatic heterocycles. The second-order valence-electron chi connectivity index (χ2n) is 6.12. The summed E-state index contributed by atoms with van der Waals surface area (Å²) in [7, 11) is 0. The van der Waals surface area contributed by atoms with E-state index in [2.05, 4.69) is 15.2 Å². The second kappa shape index (κ2) is 6.88. The van der Waals surface area contributed by atoms with Gasteiger partial charge in [-0.05, 0) is 36.4 Å². The van der Waals surface area contributed by atoms with Gasteiger partial charge in [0.05, 0.1) is 30.4 Å². The highest BCUT2D eigenvalue weighted by molar-refractivity contribution is 5.94. The van der Waals surface area contributed by atoms with Gasteiger partial charge in [-0.25, -0.2) is 9.37 Å². The van der Waals surface area contributed by atoms with Crippen LogP contribution in [-0.4, -0.2) is 45.2 Å². The maximum Gasteiger partial charge on any atom is 0.272 e. The molecule has 134 valence electrons. The number of carbonyl (C=O) groups is 1. The lowest BCUT2D eigenvalue weighted by Crippen LogP contribution is -2.56. The number of halogens is 1. The van der Waals surface area contributed by atoms with Gasteiger partial charge in [-0.3, -0.25) is 9.89 Å². The third-order valence-electron chi connectivity index (χ3n) is 4.23. The molecule has 1 aromatic carbocycles. The number of aromatic amines is 1. The van der Waals surface area contributed by atoms with E-state index in [9.17, 15) is 9.18 Å². The van der Waals surface area contributed by atoms with Crippen LogP contribution in [0.15, 0.2) is 48.7 Å². The zero-order valence-electron chi connectivity index (χ0n) is 14.1. The zero-order chi connectivity index (χ0) is 18.8. The predicted octanol–water partition coefficient (Wildman–Crippen LogP) is 2.39. The Morgan fingerprint density at radius 3 is 2.78 bits per heavy atom. The van der Waals surface area contributed by atoms with Gasteiger partial charge in [0, 0.05) is 17.8 Å². The van der Waals surface area contributed by atoms with Crippen LogP contribution in [0.5, 0.6) is 5.88 Å². The first-order valence-electron chi connectivity index (χ1n) is 8.26. The van der Waals surface area contributed by atoms with Crippen molar-refractivity contribution in [2.24, 2.45) is 0 Å². The van der Waals surface area contributed by atoms with Gasteiger partial charge < -0.3 is 9.64 Å². The van der Waals surface area contributed by atoms with Gasteiger partial charge in [0.25, 0.3) is 5.91 Å². The lowest BCUT2D eigenvalue weighted by molar-refractivity contribution is 0.0155. The van der Waals surface area contributed by atoms with Crippen LogP contribution < -0.4 is 4.74 Å². The Labute approximate surface area is 154 Å². The maximum atomic E-state index is 13.0. The zero-order valence-corrected chi connectivity index (χ0v) is 14.1. The number of hydrogen-bond donors (Lipinski definition) is 1. The Morgan fingerprint density at radius 2 is 2.04 bits per heavy atom. The van der Waals surface area contributed by atoms with Gasteiger partial charge in [0.1, 0.15) is 17.6 Å². The molecule has 0 bridgehead atoms. The molecule has 27 heavy (non-hydrogen) atoms. The summed E-state index contributed by atoms with van der Waals surface area (Å²) in [6.45, 7) is 0.838. The molecule has 1 saturated heterocycles. The average molecular weight is 363 g/mol. The minimum Gasteiger partial charge on any atom is -0.471 e. The number of nitrogens with one attached hydrogen (secondary N) is 1. The molecule has 4 rings (SSSR count). The third kappa shape index (κ3) is 3.48. The van der Waals surface area contributed by atoms with Crippen molar-refractivity contribution < 1.29 is 13.9 Å². The highest BCUT2D eigenvalue weighted by atomic mass is 19.1. The molecule has 0 aliphatic carbocycles. The Balaban J connectivity index is 1.36. The fourth-order valence-electron chi connectivity index (χ4n) is 2.76. The fourth-order valence-corrected chi connectivity index (χ4v) is 2.76. The molecule has 0 unspecified atom stereocenters. The fraction of sp³-hybridized carbons (Fsp3) is 0.158. The van der Waals surface area contributed by atoms with Gasteiger partial charge in [-0.1, -0.05) is 0 Å². The molecule has 0 saturated carbocycles. The summed E-state index contributed by atoms with van der Waals surface area (Å²) < 4.78 is 18.7. The number of H-pyrrole nitrogens is 1. The van der Waals surface area contributed by atoms with Crippen LogP contribution in [0, 0.1) is 17.1 Å². The topological polar surface area (TPSA) is 94.9 Å². The van der Waals surface area contributed by atoms with E-state index in [1.165, 1.54) is 18.3 Å². The number of amides is 1. The number of pyridine rings is 1. The molecule has 1 amide bonds. The highest BCUT2D eigenvalue weighted by Gasteiger charge is 2.34. The van der Waals surface area contributed by atoms with Gasteiger partial charge in [0.2, 0.25) is 5.88 Å². The summed E-state index contributed by atoms with van der Waals surface area (Å²) >= 11 is 0. The number of carbonyl (C=O) groups excluding carboxylic acids is 1. The Hall–Kier alpha value is -3.73. The van der Waals surface area contributed by atoms with E-state index in [1.54, 1.807) is 35.2 Å². The number of nitriles is 1. The molecule has 0 atom stereocenters. The molecule has 3 heterocycles. The van der Waals surface area contributed by atoms with E-state index in [1.807, 2.05) is 6.07 Å². The minimum absolute atomic E-state index is 0.171. The monoisotopic (exact) mass is 363 g/mol. The van der Waals surface area contributed by atoms with Gasteiger partial charge in [-0.2, -0.15) is 10.4 Å². The largest absolute Gasteiger partial charge is 0.471 e. The number of ether oxygens (including phenoxy) is 1. The van der Waals surface area contributed by atoms with Gasteiger partial charge >= 0.3 is 0 Å². The molecule has 3 aromatic rings. The highest BCUT2D eigenvalue weighted by Crippen LogP contribution is 2.22. The molecule has 0 radical (unpaired) electrons. The molecule has 1 aliphatic rings. The van der Waals surface area contributed by atoms with Crippen molar-refractivity contribution >= 4 is 5.91 Å². The van der Waals surface area contributed by atoms with Crippen molar-refractivity contribution in [1.82, 2.24) is 20.1 Å². The Bertz CT molecular complexity index is 1020. The number of benzene rings is 1. The predicted molar refractivity (Wildman–Crippen MR) is 93.3 cm³/mol. The van der Waals surface area contributed by atoms with Crippen molar-refractivity contribution in [2.75, 3.05) is 13.1 Å². The number of hydrogen-bond acceptors (Lipinski definition) is 5. The summed E-state index contributed by atoms with van der Waals surface area (Å²) in [6, 6.07) is 12.7. The number of aromatic nitrogens is 3. The lowest BCUT2D eigenvalue weighted by atomic mass is 10.1. The van der Waals surface area contributed by atoms with E-state index < -0.39 is 0 Å². The molecule has 8 heteroatoms. The summed E-state index contributed by atoms with van der Waals surface area (Å²) in [4.78, 5) is 18.2. The third-order valence-corrected chi connectivity index (χ3v) is 4.23. The standard InChI is InChI=1S/C19H14FN5O2/c20-14-3-1-13(2-4-14)16-8-17(24-23-16)19(26)25-10-15(11-25)27-18-7-12(9-21)5-6-22-18/h1-8,15H,10-11H2,(H,23,24). The van der Waals surface area contributed by atoms with Crippen LogP contribution in [0.1, 0.15) is 16.1 Å². The quantitative estimate of drug-likeness (QED) is 0.768. The van der Waals surface area contributed by atoms with Crippen molar-refractivity contribution in [3.8, 4) is 23.2 Å². The van der Waals surface area contributed by atoms with E-state index in [4.69, 9.17) is 10.00 Å². The van der Waals surface area contributed by atoms with E-state index in [0.717, 1.165) is 5.56 Å². The van der Waals surface area contributed by atoms with Crippen LogP contribution in [0.25, 0.3) is 11.3 Å². The molecule has 1 aliphatic heterocycles. The van der Waals surface area contributed by atoms with Crippen LogP contribution in [-0.2, 0) is 0 Å². The van der Waals surface area contributed by atoms with Crippen molar-refractivity contribution in [3.05, 3.63) is 65.7 Å². The summed E-state index contributed by atoms with van der Waals surface area (Å²) in [5, 5.41) is 15.7. The first-order chi connectivity index (χ1) is 13.1. The summed E-state index contributed by atoms with van der Waals surface area (Å²) in [5.41, 5.74) is 2.12. The summed E-state index contributed by atoms with van der Waals surface area (Å²) in [5.74, 6) is -0.146. The van der Waals surface area contributed by atoms with Crippen LogP contribution in [0.4, 0.5) is 4.39 Å². The lowest BCUT2D eigenvalue weighted by Gasteiger charge is -2.38. The molecule has 1 N–H and O–H groups in total. The first kappa shape index (κ1) is 16.7. The Morgan fingerprint density at radius 1 is 1.26 bits per heavy atom. The van der Waals surface area contributed by atoms with Crippen LogP contribution in [0.2, 0.25) is 0 Å². The SMILES string of the molecule is N#Cc1ccnc(OC2CN(C(=O)c3cc(-c4ccc(F)cc4)n[nH]3)C2)c1. The van der Waals surface area contributed by atoms with E-state index in [-0.39, 0.29) is 17.8 Å². The van der Waals surface area contributed by atoms with Gasteiger partial charge in [0.15, 0.2) is 0 Å². The van der Waals surface area contributed by atoms with Crippen LogP contribution in [0.3, 0.4) is 0 Å². The Kier molecular flexibility index (Phi) is 4.26. The average Bonchev–Trinajstić information content (AvgIpc) is 3.15. The molecule has 7 nitrogen and oxygen atoms in total. The van der Waals surface area contributed by atoms with E-state index >= 15 is 0 Å². The molecular weight excluding hydrogens is 349 g/mol. The number of likely N-dealkylation sites (tertiary alicyclic amines) is 1. The number of rotatable bonds is 4. The van der Waals surface area contributed by atoms with Gasteiger partial charge in [-0.15, -0.1) is 0 Å². The van der Waals surface area contributed by atoms with Crippen LogP contribution >= 0.6 is 0 Å². The van der Waals surface area contributed by atoms with Crippen molar-refractivity contribution in [3.63, 3.8) is 0 Å². The molecule has 1 fully saturated rings. The van der Waals surface area contributed by atoms with Crippen molar-refractivity contribution in [1.29, 1.82) is 5.26 Å². The number of nitrogens with zero attached hydrogens (tertiary/aromatic N) is 4. The maximum absolute atomic E-state index is 13.0. The molecular formula is C19H14FN5O2. The minimum atomic E-state index is -0.327. The summed E-state index contributed by atoms with van der Waals surface area (Å²) in [6.07, 6.45) is 1.34. The van der Waals surface area contributed by atoms with Crippen molar-refractivity contribution in [2.45, 2.75) is 6.10 Å². The normalized spacial score (nSPS) is 13.7. The molecule has 0 spiro atoms.